The number of sulfonamides is 1. The van der Waals surface area contributed by atoms with E-state index in [9.17, 15) is 13.2 Å². The number of nitrogens with one attached hydrogen (secondary N) is 3. The molecule has 0 aliphatic carbocycles. The zero-order valence-corrected chi connectivity index (χ0v) is 11.7. The van der Waals surface area contributed by atoms with Gasteiger partial charge < -0.3 is 10.6 Å². The van der Waals surface area contributed by atoms with Gasteiger partial charge in [0.05, 0.1) is 16.3 Å². The van der Waals surface area contributed by atoms with E-state index in [0.717, 1.165) is 5.69 Å². The van der Waals surface area contributed by atoms with E-state index in [2.05, 4.69) is 15.4 Å². The molecule has 1 aliphatic heterocycles. The summed E-state index contributed by atoms with van der Waals surface area (Å²) in [4.78, 5) is 11.9. The Morgan fingerprint density at radius 2 is 2.00 bits per heavy atom. The van der Waals surface area contributed by atoms with Crippen molar-refractivity contribution >= 4 is 27.3 Å². The van der Waals surface area contributed by atoms with Crippen LogP contribution in [0.3, 0.4) is 0 Å². The molecule has 0 spiro atoms. The lowest BCUT2D eigenvalue weighted by molar-refractivity contribution is -0.117. The number of hydrogen-bond acceptors (Lipinski definition) is 4. The van der Waals surface area contributed by atoms with Crippen molar-refractivity contribution in [3.63, 3.8) is 0 Å². The summed E-state index contributed by atoms with van der Waals surface area (Å²) < 4.78 is 26.2. The van der Waals surface area contributed by atoms with Gasteiger partial charge in [0.15, 0.2) is 0 Å². The number of hydrogen-bond donors (Lipinski definition) is 3. The van der Waals surface area contributed by atoms with Crippen molar-refractivity contribution in [2.45, 2.75) is 31.2 Å². The van der Waals surface area contributed by atoms with Crippen LogP contribution in [-0.2, 0) is 14.8 Å². The minimum absolute atomic E-state index is 0.144. The van der Waals surface area contributed by atoms with Gasteiger partial charge in [-0.15, -0.1) is 0 Å². The molecule has 6 nitrogen and oxygen atoms in total. The first kappa shape index (κ1) is 13.8. The number of benzene rings is 1. The number of fused-ring (bicyclic) bond motifs is 1. The number of amides is 1. The topological polar surface area (TPSA) is 87.3 Å². The molecular formula is C12H17N3O3S. The molecule has 104 valence electrons. The lowest BCUT2D eigenvalue weighted by Gasteiger charge is -2.26. The third kappa shape index (κ3) is 2.71. The van der Waals surface area contributed by atoms with Gasteiger partial charge in [-0.05, 0) is 24.6 Å². The Kier molecular flexibility index (Phi) is 3.77. The summed E-state index contributed by atoms with van der Waals surface area (Å²) in [5.41, 5.74) is 1.23. The van der Waals surface area contributed by atoms with Crippen LogP contribution in [-0.4, -0.2) is 26.9 Å². The average Bonchev–Trinajstić information content (AvgIpc) is 2.37. The van der Waals surface area contributed by atoms with Crippen molar-refractivity contribution in [3.8, 4) is 0 Å². The van der Waals surface area contributed by atoms with Crippen LogP contribution in [0.25, 0.3) is 0 Å². The fourth-order valence-corrected chi connectivity index (χ4v) is 3.02. The number of anilines is 2. The molecule has 1 atom stereocenters. The maximum absolute atomic E-state index is 11.9. The standard InChI is InChI=1S/C12H17N3O3S/c1-3-9-12(16)15-11-7-8(5-6-10(11)14-9)19(17,18)13-4-2/h5-7,9,13-14H,3-4H2,1-2H3,(H,15,16). The van der Waals surface area contributed by atoms with Gasteiger partial charge in [-0.3, -0.25) is 4.79 Å². The molecule has 19 heavy (non-hydrogen) atoms. The van der Waals surface area contributed by atoms with Gasteiger partial charge in [-0.2, -0.15) is 0 Å². The van der Waals surface area contributed by atoms with Crippen LogP contribution in [0.2, 0.25) is 0 Å². The highest BCUT2D eigenvalue weighted by atomic mass is 32.2. The first-order chi connectivity index (χ1) is 8.97. The van der Waals surface area contributed by atoms with Gasteiger partial charge in [-0.25, -0.2) is 13.1 Å². The molecule has 0 radical (unpaired) electrons. The van der Waals surface area contributed by atoms with Crippen LogP contribution in [0.1, 0.15) is 20.3 Å². The smallest absolute Gasteiger partial charge is 0.246 e. The van der Waals surface area contributed by atoms with Crippen LogP contribution in [0.15, 0.2) is 23.1 Å². The Morgan fingerprint density at radius 3 is 2.63 bits per heavy atom. The van der Waals surface area contributed by atoms with Crippen LogP contribution < -0.4 is 15.4 Å². The van der Waals surface area contributed by atoms with Crippen LogP contribution >= 0.6 is 0 Å². The van der Waals surface area contributed by atoms with Gasteiger partial charge in [-0.1, -0.05) is 13.8 Å². The summed E-state index contributed by atoms with van der Waals surface area (Å²) in [6.45, 7) is 3.94. The maximum atomic E-state index is 11.9. The number of carbonyl (C=O) groups excluding carboxylic acids is 1. The molecule has 0 bridgehead atoms. The highest BCUT2D eigenvalue weighted by Gasteiger charge is 2.25. The summed E-state index contributed by atoms with van der Waals surface area (Å²) in [6, 6.07) is 4.38. The number of carbonyl (C=O) groups is 1. The molecular weight excluding hydrogens is 266 g/mol. The molecule has 3 N–H and O–H groups in total. The minimum Gasteiger partial charge on any atom is -0.372 e. The van der Waals surface area contributed by atoms with E-state index in [-0.39, 0.29) is 16.8 Å². The first-order valence-corrected chi connectivity index (χ1v) is 7.67. The molecule has 7 heteroatoms. The van der Waals surface area contributed by atoms with Crippen molar-refractivity contribution in [2.75, 3.05) is 17.2 Å². The van der Waals surface area contributed by atoms with Crippen molar-refractivity contribution < 1.29 is 13.2 Å². The van der Waals surface area contributed by atoms with E-state index < -0.39 is 10.0 Å². The normalized spacial score (nSPS) is 18.4. The molecule has 1 amide bonds. The van der Waals surface area contributed by atoms with Crippen molar-refractivity contribution in [3.05, 3.63) is 18.2 Å². The van der Waals surface area contributed by atoms with Gasteiger partial charge in [0.25, 0.3) is 0 Å². The molecule has 1 aromatic carbocycles. The third-order valence-electron chi connectivity index (χ3n) is 2.95. The molecule has 1 heterocycles. The predicted molar refractivity (Wildman–Crippen MR) is 73.6 cm³/mol. The Labute approximate surface area is 112 Å². The monoisotopic (exact) mass is 283 g/mol. The maximum Gasteiger partial charge on any atom is 0.246 e. The SMILES string of the molecule is CCNS(=O)(=O)c1ccc2c(c1)NC(=O)C(CC)N2. The third-order valence-corrected chi connectivity index (χ3v) is 4.49. The van der Waals surface area contributed by atoms with Crippen molar-refractivity contribution in [1.29, 1.82) is 0 Å². The summed E-state index contributed by atoms with van der Waals surface area (Å²) in [6.07, 6.45) is 0.669. The Morgan fingerprint density at radius 1 is 1.26 bits per heavy atom. The average molecular weight is 283 g/mol. The van der Waals surface area contributed by atoms with E-state index in [1.165, 1.54) is 12.1 Å². The van der Waals surface area contributed by atoms with Gasteiger partial charge in [0.1, 0.15) is 6.04 Å². The van der Waals surface area contributed by atoms with Crippen LogP contribution in [0.5, 0.6) is 0 Å². The molecule has 1 unspecified atom stereocenters. The lowest BCUT2D eigenvalue weighted by Crippen LogP contribution is -2.38. The number of rotatable bonds is 4. The van der Waals surface area contributed by atoms with E-state index >= 15 is 0 Å². The highest BCUT2D eigenvalue weighted by molar-refractivity contribution is 7.89. The van der Waals surface area contributed by atoms with Gasteiger partial charge in [0, 0.05) is 6.54 Å². The van der Waals surface area contributed by atoms with Gasteiger partial charge >= 0.3 is 0 Å². The lowest BCUT2D eigenvalue weighted by atomic mass is 10.1. The summed E-state index contributed by atoms with van der Waals surface area (Å²) in [5.74, 6) is -0.145. The predicted octanol–water partition coefficient (Wildman–Crippen LogP) is 1.13. The zero-order chi connectivity index (χ0) is 14.0. The Bertz CT molecular complexity index is 598. The second-order valence-electron chi connectivity index (χ2n) is 4.30. The summed E-state index contributed by atoms with van der Waals surface area (Å²) in [7, 11) is -3.51. The fourth-order valence-electron chi connectivity index (χ4n) is 1.95. The fraction of sp³-hybridized carbons (Fsp3) is 0.417. The van der Waals surface area contributed by atoms with Crippen LogP contribution in [0.4, 0.5) is 11.4 Å². The minimum atomic E-state index is -3.51. The molecule has 0 saturated heterocycles. The van der Waals surface area contributed by atoms with E-state index in [1.807, 2.05) is 6.92 Å². The Balaban J connectivity index is 2.36. The van der Waals surface area contributed by atoms with E-state index in [0.29, 0.717) is 18.7 Å². The largest absolute Gasteiger partial charge is 0.372 e. The second-order valence-corrected chi connectivity index (χ2v) is 6.07. The molecule has 1 aliphatic rings. The van der Waals surface area contributed by atoms with Gasteiger partial charge in [0.2, 0.25) is 15.9 Å². The quantitative estimate of drug-likeness (QED) is 0.773. The highest BCUT2D eigenvalue weighted by Crippen LogP contribution is 2.29. The van der Waals surface area contributed by atoms with E-state index in [4.69, 9.17) is 0 Å². The molecule has 0 fully saturated rings. The van der Waals surface area contributed by atoms with E-state index in [1.54, 1.807) is 13.0 Å². The summed E-state index contributed by atoms with van der Waals surface area (Å²) >= 11 is 0. The molecule has 0 saturated carbocycles. The van der Waals surface area contributed by atoms with Crippen LogP contribution in [0, 0.1) is 0 Å². The summed E-state index contributed by atoms with van der Waals surface area (Å²) in [5, 5.41) is 5.80. The molecule has 1 aromatic rings. The molecule has 2 rings (SSSR count). The second kappa shape index (κ2) is 5.18. The first-order valence-electron chi connectivity index (χ1n) is 6.19. The molecule has 0 aromatic heterocycles. The van der Waals surface area contributed by atoms with Crippen molar-refractivity contribution in [2.24, 2.45) is 0 Å². The van der Waals surface area contributed by atoms with Crippen molar-refractivity contribution in [1.82, 2.24) is 4.72 Å². The zero-order valence-electron chi connectivity index (χ0n) is 10.9. The Hall–Kier alpha value is -1.60.